The Kier molecular flexibility index (Phi) is 5.33. The van der Waals surface area contributed by atoms with E-state index in [1.807, 2.05) is 25.3 Å². The summed E-state index contributed by atoms with van der Waals surface area (Å²) >= 11 is 2.35. The largest absolute Gasteiger partial charge is 0.492 e. The van der Waals surface area contributed by atoms with Gasteiger partial charge in [-0.2, -0.15) is 0 Å². The molecule has 0 aliphatic carbocycles. The highest BCUT2D eigenvalue weighted by molar-refractivity contribution is 14.1. The number of halogens is 1. The number of hydrazine groups is 1. The Morgan fingerprint density at radius 1 is 1.40 bits per heavy atom. The number of aromatic nitrogens is 1. The summed E-state index contributed by atoms with van der Waals surface area (Å²) in [5.74, 6) is 6.52. The van der Waals surface area contributed by atoms with Crippen molar-refractivity contribution in [2.45, 2.75) is 19.9 Å². The van der Waals surface area contributed by atoms with E-state index in [0.29, 0.717) is 6.61 Å². The van der Waals surface area contributed by atoms with Crippen LogP contribution in [0.4, 0.5) is 0 Å². The van der Waals surface area contributed by atoms with E-state index < -0.39 is 0 Å². The molecular weight excluding hydrogens is 365 g/mol. The Morgan fingerprint density at radius 3 is 2.90 bits per heavy atom. The summed E-state index contributed by atoms with van der Waals surface area (Å²) in [5.41, 5.74) is 6.24. The quantitative estimate of drug-likeness (QED) is 0.474. The van der Waals surface area contributed by atoms with Gasteiger partial charge in [0.25, 0.3) is 0 Å². The van der Waals surface area contributed by atoms with Crippen molar-refractivity contribution >= 4 is 22.6 Å². The second kappa shape index (κ2) is 7.01. The maximum Gasteiger partial charge on any atom is 0.137 e. The summed E-state index contributed by atoms with van der Waals surface area (Å²) in [6.07, 6.45) is 3.52. The molecular formula is C15H18IN3O. The van der Waals surface area contributed by atoms with Crippen LogP contribution in [-0.4, -0.2) is 11.6 Å². The van der Waals surface area contributed by atoms with E-state index in [4.69, 9.17) is 10.6 Å². The summed E-state index contributed by atoms with van der Waals surface area (Å²) in [6, 6.07) is 8.08. The number of pyridine rings is 1. The molecule has 1 atom stereocenters. The number of nitrogens with two attached hydrogens (primary N) is 1. The summed E-state index contributed by atoms with van der Waals surface area (Å²) < 4.78 is 6.70. The van der Waals surface area contributed by atoms with Crippen molar-refractivity contribution in [1.29, 1.82) is 0 Å². The summed E-state index contributed by atoms with van der Waals surface area (Å²) in [7, 11) is 0. The van der Waals surface area contributed by atoms with Crippen LogP contribution >= 0.6 is 22.6 Å². The van der Waals surface area contributed by atoms with Gasteiger partial charge in [0.1, 0.15) is 5.75 Å². The predicted molar refractivity (Wildman–Crippen MR) is 88.5 cm³/mol. The van der Waals surface area contributed by atoms with Gasteiger partial charge in [0.05, 0.1) is 18.8 Å². The number of nitrogens with one attached hydrogen (secondary N) is 1. The zero-order valence-corrected chi connectivity index (χ0v) is 13.7. The molecule has 0 radical (unpaired) electrons. The van der Waals surface area contributed by atoms with Gasteiger partial charge < -0.3 is 4.74 Å². The lowest BCUT2D eigenvalue weighted by Gasteiger charge is -2.19. The third kappa shape index (κ3) is 3.28. The van der Waals surface area contributed by atoms with Crippen LogP contribution in [0.3, 0.4) is 0 Å². The molecule has 1 aromatic heterocycles. The molecule has 0 aliphatic heterocycles. The Bertz CT molecular complexity index is 589. The summed E-state index contributed by atoms with van der Waals surface area (Å²) in [5, 5.41) is 0. The fraction of sp³-hybridized carbons (Fsp3) is 0.267. The fourth-order valence-electron chi connectivity index (χ4n) is 2.10. The molecule has 2 rings (SSSR count). The molecule has 2 aromatic rings. The number of rotatable bonds is 5. The zero-order valence-electron chi connectivity index (χ0n) is 11.6. The molecule has 3 N–H and O–H groups in total. The second-order valence-corrected chi connectivity index (χ2v) is 5.54. The van der Waals surface area contributed by atoms with Crippen LogP contribution in [0.5, 0.6) is 5.75 Å². The third-order valence-electron chi connectivity index (χ3n) is 3.08. The average molecular weight is 383 g/mol. The van der Waals surface area contributed by atoms with E-state index in [9.17, 15) is 0 Å². The van der Waals surface area contributed by atoms with Crippen molar-refractivity contribution in [3.8, 4) is 5.75 Å². The van der Waals surface area contributed by atoms with Crippen LogP contribution < -0.4 is 16.0 Å². The van der Waals surface area contributed by atoms with E-state index in [-0.39, 0.29) is 6.04 Å². The number of hydrogen-bond acceptors (Lipinski definition) is 4. The minimum absolute atomic E-state index is 0.102. The second-order valence-electron chi connectivity index (χ2n) is 4.46. The maximum atomic E-state index is 5.76. The number of aryl methyl sites for hydroxylation is 1. The molecule has 20 heavy (non-hydrogen) atoms. The van der Waals surface area contributed by atoms with Crippen molar-refractivity contribution in [3.63, 3.8) is 0 Å². The molecule has 0 bridgehead atoms. The number of hydrogen-bond donors (Lipinski definition) is 2. The van der Waals surface area contributed by atoms with Crippen LogP contribution in [0, 0.1) is 10.5 Å². The van der Waals surface area contributed by atoms with Crippen molar-refractivity contribution in [2.24, 2.45) is 5.84 Å². The Hall–Kier alpha value is -1.18. The van der Waals surface area contributed by atoms with E-state index in [1.165, 1.54) is 9.13 Å². The lowest BCUT2D eigenvalue weighted by molar-refractivity contribution is 0.338. The SMILES string of the molecule is CCOc1cncc(C(NN)c2cccc(C)c2I)c1. The van der Waals surface area contributed by atoms with Crippen LogP contribution in [0.2, 0.25) is 0 Å². The van der Waals surface area contributed by atoms with Gasteiger partial charge in [0, 0.05) is 9.77 Å². The van der Waals surface area contributed by atoms with Crippen LogP contribution in [0.15, 0.2) is 36.7 Å². The summed E-state index contributed by atoms with van der Waals surface area (Å²) in [4.78, 5) is 4.23. The molecule has 106 valence electrons. The number of ether oxygens (including phenoxy) is 1. The normalized spacial score (nSPS) is 12.2. The van der Waals surface area contributed by atoms with Crippen molar-refractivity contribution < 1.29 is 4.74 Å². The zero-order chi connectivity index (χ0) is 14.5. The van der Waals surface area contributed by atoms with Gasteiger partial charge in [-0.1, -0.05) is 18.2 Å². The highest BCUT2D eigenvalue weighted by Gasteiger charge is 2.17. The van der Waals surface area contributed by atoms with Crippen molar-refractivity contribution in [2.75, 3.05) is 6.61 Å². The first kappa shape index (κ1) is 15.2. The first-order chi connectivity index (χ1) is 9.67. The molecule has 1 unspecified atom stereocenters. The highest BCUT2D eigenvalue weighted by atomic mass is 127. The predicted octanol–water partition coefficient (Wildman–Crippen LogP) is 2.95. The first-order valence-corrected chi connectivity index (χ1v) is 7.54. The van der Waals surface area contributed by atoms with Gasteiger partial charge >= 0.3 is 0 Å². The first-order valence-electron chi connectivity index (χ1n) is 6.46. The maximum absolute atomic E-state index is 5.76. The summed E-state index contributed by atoms with van der Waals surface area (Å²) in [6.45, 7) is 4.66. The smallest absolute Gasteiger partial charge is 0.137 e. The van der Waals surface area contributed by atoms with E-state index >= 15 is 0 Å². The molecule has 4 nitrogen and oxygen atoms in total. The molecule has 0 spiro atoms. The molecule has 0 fully saturated rings. The van der Waals surface area contributed by atoms with Gasteiger partial charge in [0.15, 0.2) is 0 Å². The lowest BCUT2D eigenvalue weighted by Crippen LogP contribution is -2.29. The standard InChI is InChI=1S/C15H18IN3O/c1-3-20-12-7-11(8-18-9-12)15(19-17)13-6-4-5-10(2)14(13)16/h4-9,15,19H,3,17H2,1-2H3. The molecule has 5 heteroatoms. The third-order valence-corrected chi connectivity index (χ3v) is 4.55. The molecule has 0 saturated carbocycles. The molecule has 1 heterocycles. The van der Waals surface area contributed by atoms with Crippen LogP contribution in [-0.2, 0) is 0 Å². The van der Waals surface area contributed by atoms with E-state index in [0.717, 1.165) is 16.9 Å². The average Bonchev–Trinajstić information content (AvgIpc) is 2.45. The Morgan fingerprint density at radius 2 is 2.20 bits per heavy atom. The van der Waals surface area contributed by atoms with Crippen molar-refractivity contribution in [1.82, 2.24) is 10.4 Å². The van der Waals surface area contributed by atoms with Crippen LogP contribution in [0.25, 0.3) is 0 Å². The molecule has 1 aromatic carbocycles. The van der Waals surface area contributed by atoms with Gasteiger partial charge in [0.2, 0.25) is 0 Å². The monoisotopic (exact) mass is 383 g/mol. The van der Waals surface area contributed by atoms with Crippen molar-refractivity contribution in [3.05, 3.63) is 56.9 Å². The minimum Gasteiger partial charge on any atom is -0.492 e. The van der Waals surface area contributed by atoms with Crippen LogP contribution in [0.1, 0.15) is 29.7 Å². The number of benzene rings is 1. The molecule has 0 aliphatic rings. The van der Waals surface area contributed by atoms with Gasteiger partial charge in [-0.25, -0.2) is 5.43 Å². The number of nitrogens with zero attached hydrogens (tertiary/aromatic N) is 1. The lowest BCUT2D eigenvalue weighted by atomic mass is 9.99. The molecule has 0 amide bonds. The van der Waals surface area contributed by atoms with E-state index in [2.05, 4.69) is 52.1 Å². The Labute approximate surface area is 132 Å². The molecule has 0 saturated heterocycles. The highest BCUT2D eigenvalue weighted by Crippen LogP contribution is 2.28. The van der Waals surface area contributed by atoms with E-state index in [1.54, 1.807) is 6.20 Å². The Balaban J connectivity index is 2.41. The minimum atomic E-state index is -0.102. The van der Waals surface area contributed by atoms with Gasteiger partial charge in [-0.05, 0) is 59.2 Å². The topological polar surface area (TPSA) is 60.2 Å². The fourth-order valence-corrected chi connectivity index (χ4v) is 2.77. The van der Waals surface area contributed by atoms with Gasteiger partial charge in [-0.15, -0.1) is 0 Å². The van der Waals surface area contributed by atoms with Gasteiger partial charge in [-0.3, -0.25) is 10.8 Å².